The van der Waals surface area contributed by atoms with Gasteiger partial charge in [-0.3, -0.25) is 4.79 Å². The number of ether oxygens (including phenoxy) is 1. The summed E-state index contributed by atoms with van der Waals surface area (Å²) in [4.78, 5) is 11.6. The number of hydrogen-bond acceptors (Lipinski definition) is 3. The fourth-order valence-electron chi connectivity index (χ4n) is 5.77. The molecule has 0 saturated heterocycles. The Morgan fingerprint density at radius 3 is 2.76 bits per heavy atom. The minimum absolute atomic E-state index is 0.137. The molecule has 0 amide bonds. The van der Waals surface area contributed by atoms with E-state index in [9.17, 15) is 4.79 Å². The van der Waals surface area contributed by atoms with Crippen molar-refractivity contribution in [2.24, 2.45) is 22.7 Å². The van der Waals surface area contributed by atoms with Crippen LogP contribution in [0, 0.1) is 22.7 Å². The normalized spacial score (nSPS) is 34.4. The Kier molecular flexibility index (Phi) is 4.87. The van der Waals surface area contributed by atoms with Crippen molar-refractivity contribution in [3.05, 3.63) is 36.3 Å². The van der Waals surface area contributed by atoms with Crippen molar-refractivity contribution in [1.29, 1.82) is 0 Å². The molecule has 0 aromatic carbocycles. The van der Waals surface area contributed by atoms with Crippen LogP contribution in [0.3, 0.4) is 0 Å². The summed E-state index contributed by atoms with van der Waals surface area (Å²) in [5.41, 5.74) is 2.87. The molecule has 3 nitrogen and oxygen atoms in total. The maximum atomic E-state index is 11.6. The molecule has 1 aromatic rings. The lowest BCUT2D eigenvalue weighted by Gasteiger charge is -2.59. The zero-order chi connectivity index (χ0) is 18.2. The van der Waals surface area contributed by atoms with E-state index in [1.54, 1.807) is 6.26 Å². The van der Waals surface area contributed by atoms with Crippen LogP contribution in [-0.2, 0) is 16.0 Å². The van der Waals surface area contributed by atoms with Gasteiger partial charge < -0.3 is 9.15 Å². The first-order valence-electron chi connectivity index (χ1n) is 9.61. The summed E-state index contributed by atoms with van der Waals surface area (Å²) in [7, 11) is 0. The van der Waals surface area contributed by atoms with Gasteiger partial charge in [-0.2, -0.15) is 0 Å². The van der Waals surface area contributed by atoms with Crippen molar-refractivity contribution in [2.75, 3.05) is 0 Å². The van der Waals surface area contributed by atoms with E-state index in [0.717, 1.165) is 24.8 Å². The highest BCUT2D eigenvalue weighted by Gasteiger charge is 2.55. The predicted molar refractivity (Wildman–Crippen MR) is 99.1 cm³/mol. The first-order valence-corrected chi connectivity index (χ1v) is 9.61. The maximum absolute atomic E-state index is 11.6. The van der Waals surface area contributed by atoms with E-state index in [-0.39, 0.29) is 22.9 Å². The van der Waals surface area contributed by atoms with Crippen LogP contribution in [0.5, 0.6) is 0 Å². The fraction of sp³-hybridized carbons (Fsp3) is 0.682. The van der Waals surface area contributed by atoms with Crippen molar-refractivity contribution in [3.63, 3.8) is 0 Å². The molecule has 138 valence electrons. The van der Waals surface area contributed by atoms with E-state index < -0.39 is 0 Å². The summed E-state index contributed by atoms with van der Waals surface area (Å²) < 4.78 is 10.9. The maximum Gasteiger partial charge on any atom is 0.303 e. The van der Waals surface area contributed by atoms with Crippen LogP contribution in [0.4, 0.5) is 0 Å². The minimum Gasteiger partial charge on any atom is -0.472 e. The highest BCUT2D eigenvalue weighted by molar-refractivity contribution is 5.66. The molecule has 2 saturated carbocycles. The second kappa shape index (κ2) is 6.66. The number of fused-ring (bicyclic) bond motifs is 1. The van der Waals surface area contributed by atoms with Gasteiger partial charge in [0, 0.05) is 6.92 Å². The lowest BCUT2D eigenvalue weighted by molar-refractivity contribution is -0.153. The average molecular weight is 344 g/mol. The number of esters is 1. The molecule has 4 atom stereocenters. The number of furan rings is 1. The highest BCUT2D eigenvalue weighted by atomic mass is 16.5. The largest absolute Gasteiger partial charge is 0.472 e. The second-order valence-corrected chi connectivity index (χ2v) is 9.03. The van der Waals surface area contributed by atoms with E-state index in [0.29, 0.717) is 11.8 Å². The molecule has 2 aliphatic carbocycles. The van der Waals surface area contributed by atoms with Crippen LogP contribution in [0.15, 0.2) is 35.2 Å². The molecule has 3 rings (SSSR count). The number of rotatable bonds is 4. The standard InChI is InChI=1S/C22H32O3/c1-15-18(8-7-17-9-12-24-14-17)22(5)11-6-10-21(3,4)20(22)13-19(15)25-16(2)23/h9,12,14,18-20H,1,6-8,10-11,13H2,2-5H3/t18-,19-,20+,22+/m0/s1. The zero-order valence-corrected chi connectivity index (χ0v) is 16.1. The summed E-state index contributed by atoms with van der Waals surface area (Å²) in [6, 6.07) is 2.04. The van der Waals surface area contributed by atoms with Crippen LogP contribution < -0.4 is 0 Å². The topological polar surface area (TPSA) is 39.4 Å². The molecule has 2 aliphatic rings. The van der Waals surface area contributed by atoms with Gasteiger partial charge in [0.05, 0.1) is 12.5 Å². The molecule has 0 bridgehead atoms. The van der Waals surface area contributed by atoms with Gasteiger partial charge in [-0.1, -0.05) is 33.8 Å². The van der Waals surface area contributed by atoms with Crippen LogP contribution in [0.1, 0.15) is 65.4 Å². The monoisotopic (exact) mass is 344 g/mol. The first kappa shape index (κ1) is 18.3. The summed E-state index contributed by atoms with van der Waals surface area (Å²) in [5.74, 6) is 0.736. The van der Waals surface area contributed by atoms with Gasteiger partial charge in [0.25, 0.3) is 0 Å². The van der Waals surface area contributed by atoms with E-state index in [2.05, 4.69) is 27.4 Å². The molecule has 3 heteroatoms. The molecular formula is C22H32O3. The Balaban J connectivity index is 1.89. The third-order valence-electron chi connectivity index (χ3n) is 6.99. The van der Waals surface area contributed by atoms with Crippen LogP contribution in [0.25, 0.3) is 0 Å². The summed E-state index contributed by atoms with van der Waals surface area (Å²) >= 11 is 0. The van der Waals surface area contributed by atoms with E-state index in [4.69, 9.17) is 9.15 Å². The Labute approximate surface area is 151 Å². The summed E-state index contributed by atoms with van der Waals surface area (Å²) in [6.07, 6.45) is 10.1. The van der Waals surface area contributed by atoms with E-state index in [1.807, 2.05) is 12.3 Å². The molecule has 0 aliphatic heterocycles. The number of hydrogen-bond donors (Lipinski definition) is 0. The zero-order valence-electron chi connectivity index (χ0n) is 16.1. The third kappa shape index (κ3) is 3.43. The summed E-state index contributed by atoms with van der Waals surface area (Å²) in [5, 5.41) is 0. The van der Waals surface area contributed by atoms with Crippen LogP contribution in [0.2, 0.25) is 0 Å². The quantitative estimate of drug-likeness (QED) is 0.531. The van der Waals surface area contributed by atoms with Crippen LogP contribution >= 0.6 is 0 Å². The predicted octanol–water partition coefficient (Wildman–Crippen LogP) is 5.55. The van der Waals surface area contributed by atoms with Gasteiger partial charge in [-0.05, 0) is 72.0 Å². The van der Waals surface area contributed by atoms with Crippen molar-refractivity contribution in [2.45, 2.75) is 72.3 Å². The van der Waals surface area contributed by atoms with Crippen LogP contribution in [-0.4, -0.2) is 12.1 Å². The fourth-order valence-corrected chi connectivity index (χ4v) is 5.77. The van der Waals surface area contributed by atoms with Crippen molar-refractivity contribution in [3.8, 4) is 0 Å². The number of carbonyl (C=O) groups is 1. The summed E-state index contributed by atoms with van der Waals surface area (Å²) in [6.45, 7) is 13.2. The molecule has 1 heterocycles. The van der Waals surface area contributed by atoms with Crippen molar-refractivity contribution in [1.82, 2.24) is 0 Å². The van der Waals surface area contributed by atoms with E-state index >= 15 is 0 Å². The number of aryl methyl sites for hydroxylation is 1. The Morgan fingerprint density at radius 2 is 2.12 bits per heavy atom. The lowest BCUT2D eigenvalue weighted by Crippen LogP contribution is -2.53. The SMILES string of the molecule is C=C1[C@@H](OC(C)=O)C[C@@H]2C(C)(C)CCC[C@]2(C)[C@H]1CCc1ccoc1. The van der Waals surface area contributed by atoms with Gasteiger partial charge in [0.1, 0.15) is 6.10 Å². The van der Waals surface area contributed by atoms with Crippen molar-refractivity contribution >= 4 is 5.97 Å². The van der Waals surface area contributed by atoms with Gasteiger partial charge in [-0.25, -0.2) is 0 Å². The van der Waals surface area contributed by atoms with Gasteiger partial charge in [0.2, 0.25) is 0 Å². The van der Waals surface area contributed by atoms with E-state index in [1.165, 1.54) is 31.7 Å². The third-order valence-corrected chi connectivity index (χ3v) is 6.99. The van der Waals surface area contributed by atoms with Gasteiger partial charge in [-0.15, -0.1) is 0 Å². The molecule has 0 radical (unpaired) electrons. The average Bonchev–Trinajstić information content (AvgIpc) is 3.01. The Bertz CT molecular complexity index is 628. The second-order valence-electron chi connectivity index (χ2n) is 9.03. The van der Waals surface area contributed by atoms with Gasteiger partial charge >= 0.3 is 5.97 Å². The lowest BCUT2D eigenvalue weighted by atomic mass is 9.46. The number of carbonyl (C=O) groups excluding carboxylic acids is 1. The highest BCUT2D eigenvalue weighted by Crippen LogP contribution is 2.62. The molecule has 1 aromatic heterocycles. The minimum atomic E-state index is -0.197. The smallest absolute Gasteiger partial charge is 0.303 e. The molecular weight excluding hydrogens is 312 g/mol. The van der Waals surface area contributed by atoms with Crippen molar-refractivity contribution < 1.29 is 13.9 Å². The molecule has 2 fully saturated rings. The molecule has 25 heavy (non-hydrogen) atoms. The molecule has 0 N–H and O–H groups in total. The van der Waals surface area contributed by atoms with Gasteiger partial charge in [0.15, 0.2) is 0 Å². The Morgan fingerprint density at radius 1 is 1.36 bits per heavy atom. The Hall–Kier alpha value is -1.51. The first-order chi connectivity index (χ1) is 11.7. The molecule has 0 spiro atoms. The molecule has 0 unspecified atom stereocenters.